The van der Waals surface area contributed by atoms with E-state index in [1.165, 1.54) is 35.8 Å². The second kappa shape index (κ2) is 3.35. The van der Waals surface area contributed by atoms with Gasteiger partial charge >= 0.3 is 0 Å². The van der Waals surface area contributed by atoms with Crippen molar-refractivity contribution < 1.29 is 0 Å². The number of rotatable bonds is 0. The first-order valence-corrected chi connectivity index (χ1v) is 6.15. The smallest absolute Gasteiger partial charge is 0.0352 e. The highest BCUT2D eigenvalue weighted by Gasteiger charge is 2.32. The summed E-state index contributed by atoms with van der Waals surface area (Å²) in [5.74, 6) is 0.886. The maximum atomic E-state index is 3.62. The Balaban J connectivity index is 2.07. The molecule has 1 aliphatic carbocycles. The molecule has 14 heavy (non-hydrogen) atoms. The summed E-state index contributed by atoms with van der Waals surface area (Å²) in [5, 5.41) is 3.62. The normalized spacial score (nSPS) is 29.8. The summed E-state index contributed by atoms with van der Waals surface area (Å²) >= 11 is 3.56. The van der Waals surface area contributed by atoms with Crippen molar-refractivity contribution in [3.8, 4) is 0 Å². The largest absolute Gasteiger partial charge is 0.310 e. The van der Waals surface area contributed by atoms with Crippen molar-refractivity contribution in [3.05, 3.63) is 33.8 Å². The molecule has 0 amide bonds. The van der Waals surface area contributed by atoms with Crippen LogP contribution in [0.3, 0.4) is 0 Å². The summed E-state index contributed by atoms with van der Waals surface area (Å²) in [6, 6.07) is 7.37. The molecule has 0 radical (unpaired) electrons. The molecule has 1 N–H and O–H groups in total. The van der Waals surface area contributed by atoms with Crippen LogP contribution in [0.15, 0.2) is 22.7 Å². The highest BCUT2D eigenvalue weighted by atomic mass is 79.9. The number of benzene rings is 1. The van der Waals surface area contributed by atoms with Gasteiger partial charge in [-0.3, -0.25) is 0 Å². The van der Waals surface area contributed by atoms with Crippen LogP contribution in [0.25, 0.3) is 0 Å². The van der Waals surface area contributed by atoms with E-state index in [2.05, 4.69) is 39.4 Å². The van der Waals surface area contributed by atoms with Crippen molar-refractivity contribution in [1.29, 1.82) is 0 Å². The van der Waals surface area contributed by atoms with Gasteiger partial charge in [0.05, 0.1) is 0 Å². The van der Waals surface area contributed by atoms with Gasteiger partial charge in [0.1, 0.15) is 0 Å². The van der Waals surface area contributed by atoms with Gasteiger partial charge in [-0.15, -0.1) is 0 Å². The predicted molar refractivity (Wildman–Crippen MR) is 61.3 cm³/mol. The Morgan fingerprint density at radius 2 is 2.21 bits per heavy atom. The highest BCUT2D eigenvalue weighted by molar-refractivity contribution is 9.10. The lowest BCUT2D eigenvalue weighted by Crippen LogP contribution is -2.23. The molecule has 1 heterocycles. The van der Waals surface area contributed by atoms with Crippen molar-refractivity contribution in [3.63, 3.8) is 0 Å². The molecule has 1 saturated heterocycles. The first kappa shape index (κ1) is 8.93. The van der Waals surface area contributed by atoms with E-state index >= 15 is 0 Å². The Bertz CT molecular complexity index is 361. The summed E-state index contributed by atoms with van der Waals surface area (Å²) in [5.41, 5.74) is 3.08. The monoisotopic (exact) mass is 251 g/mol. The zero-order chi connectivity index (χ0) is 9.54. The van der Waals surface area contributed by atoms with Crippen molar-refractivity contribution >= 4 is 15.9 Å². The highest BCUT2D eigenvalue weighted by Crippen LogP contribution is 2.40. The quantitative estimate of drug-likeness (QED) is 0.748. The van der Waals surface area contributed by atoms with Crippen molar-refractivity contribution in [1.82, 2.24) is 5.32 Å². The van der Waals surface area contributed by atoms with Crippen LogP contribution in [0, 0.1) is 5.92 Å². The number of fused-ring (bicyclic) bond motifs is 3. The fraction of sp³-hybridized carbons (Fsp3) is 0.500. The van der Waals surface area contributed by atoms with E-state index in [1.54, 1.807) is 5.56 Å². The third-order valence-electron chi connectivity index (χ3n) is 3.58. The molecule has 3 rings (SSSR count). The van der Waals surface area contributed by atoms with Gasteiger partial charge in [0.25, 0.3) is 0 Å². The lowest BCUT2D eigenvalue weighted by Gasteiger charge is -2.28. The molecule has 0 aromatic heterocycles. The van der Waals surface area contributed by atoms with E-state index in [4.69, 9.17) is 0 Å². The third kappa shape index (κ3) is 1.32. The minimum Gasteiger partial charge on any atom is -0.310 e. The molecule has 1 nitrogen and oxygen atoms in total. The van der Waals surface area contributed by atoms with Crippen LogP contribution in [-0.4, -0.2) is 6.54 Å². The van der Waals surface area contributed by atoms with Gasteiger partial charge in [-0.25, -0.2) is 0 Å². The van der Waals surface area contributed by atoms with Gasteiger partial charge in [0, 0.05) is 10.5 Å². The molecule has 0 saturated carbocycles. The van der Waals surface area contributed by atoms with E-state index < -0.39 is 0 Å². The number of halogens is 1. The molecular formula is C12H14BrN. The standard InChI is InChI=1S/C12H14BrN/c13-10-4-3-8-1-2-9-5-6-14-12(9)11(8)7-10/h3-4,7,9,12,14H,1-2,5-6H2. The van der Waals surface area contributed by atoms with Crippen LogP contribution in [0.5, 0.6) is 0 Å². The minimum absolute atomic E-state index is 0.635. The molecule has 74 valence electrons. The molecule has 0 spiro atoms. The molecule has 1 aromatic carbocycles. The van der Waals surface area contributed by atoms with Gasteiger partial charge < -0.3 is 5.32 Å². The Labute approximate surface area is 93.0 Å². The Morgan fingerprint density at radius 1 is 1.29 bits per heavy atom. The first-order valence-electron chi connectivity index (χ1n) is 5.36. The SMILES string of the molecule is Brc1ccc2c(c1)C1NCCC1CC2. The fourth-order valence-corrected chi connectivity index (χ4v) is 3.24. The van der Waals surface area contributed by atoms with Gasteiger partial charge in [-0.2, -0.15) is 0 Å². The average molecular weight is 252 g/mol. The van der Waals surface area contributed by atoms with E-state index in [-0.39, 0.29) is 0 Å². The third-order valence-corrected chi connectivity index (χ3v) is 4.07. The maximum Gasteiger partial charge on any atom is 0.0352 e. The summed E-state index contributed by atoms with van der Waals surface area (Å²) in [7, 11) is 0. The van der Waals surface area contributed by atoms with Crippen molar-refractivity contribution in [2.45, 2.75) is 25.3 Å². The second-order valence-electron chi connectivity index (χ2n) is 4.36. The van der Waals surface area contributed by atoms with Crippen LogP contribution in [0.2, 0.25) is 0 Å². The van der Waals surface area contributed by atoms with E-state index in [0.717, 1.165) is 5.92 Å². The summed E-state index contributed by atoms with van der Waals surface area (Å²) in [6.07, 6.45) is 3.99. The van der Waals surface area contributed by atoms with Gasteiger partial charge in [-0.05, 0) is 55.0 Å². The molecule has 1 fully saturated rings. The summed E-state index contributed by atoms with van der Waals surface area (Å²) in [6.45, 7) is 1.20. The summed E-state index contributed by atoms with van der Waals surface area (Å²) in [4.78, 5) is 0. The summed E-state index contributed by atoms with van der Waals surface area (Å²) < 4.78 is 1.21. The van der Waals surface area contributed by atoms with E-state index in [1.807, 2.05) is 0 Å². The molecule has 0 bridgehead atoms. The Morgan fingerprint density at radius 3 is 3.14 bits per heavy atom. The zero-order valence-electron chi connectivity index (χ0n) is 8.09. The molecular weight excluding hydrogens is 238 g/mol. The molecule has 2 aliphatic rings. The number of aryl methyl sites for hydroxylation is 1. The second-order valence-corrected chi connectivity index (χ2v) is 5.28. The lowest BCUT2D eigenvalue weighted by atomic mass is 9.81. The fourth-order valence-electron chi connectivity index (χ4n) is 2.86. The number of hydrogen-bond donors (Lipinski definition) is 1. The average Bonchev–Trinajstić information content (AvgIpc) is 2.65. The van der Waals surface area contributed by atoms with Gasteiger partial charge in [0.2, 0.25) is 0 Å². The van der Waals surface area contributed by atoms with Gasteiger partial charge in [-0.1, -0.05) is 22.0 Å². The van der Waals surface area contributed by atoms with Crippen LogP contribution in [0.4, 0.5) is 0 Å². The van der Waals surface area contributed by atoms with Crippen LogP contribution < -0.4 is 5.32 Å². The van der Waals surface area contributed by atoms with Crippen LogP contribution in [0.1, 0.15) is 30.0 Å². The molecule has 2 atom stereocenters. The van der Waals surface area contributed by atoms with Crippen LogP contribution >= 0.6 is 15.9 Å². The zero-order valence-corrected chi connectivity index (χ0v) is 9.68. The molecule has 2 unspecified atom stereocenters. The lowest BCUT2D eigenvalue weighted by molar-refractivity contribution is 0.405. The molecule has 2 heteroatoms. The van der Waals surface area contributed by atoms with E-state index in [0.29, 0.717) is 6.04 Å². The minimum atomic E-state index is 0.635. The van der Waals surface area contributed by atoms with Crippen LogP contribution in [-0.2, 0) is 6.42 Å². The first-order chi connectivity index (χ1) is 6.84. The predicted octanol–water partition coefficient (Wildman–Crippen LogP) is 3.05. The Kier molecular flexibility index (Phi) is 2.14. The maximum absolute atomic E-state index is 3.62. The molecule has 1 aliphatic heterocycles. The van der Waals surface area contributed by atoms with E-state index in [9.17, 15) is 0 Å². The van der Waals surface area contributed by atoms with Crippen molar-refractivity contribution in [2.24, 2.45) is 5.92 Å². The number of hydrogen-bond acceptors (Lipinski definition) is 1. The van der Waals surface area contributed by atoms with Crippen molar-refractivity contribution in [2.75, 3.05) is 6.54 Å². The molecule has 1 aromatic rings. The Hall–Kier alpha value is -0.340. The number of nitrogens with one attached hydrogen (secondary N) is 1. The topological polar surface area (TPSA) is 12.0 Å². The van der Waals surface area contributed by atoms with Gasteiger partial charge in [0.15, 0.2) is 0 Å².